The highest BCUT2D eigenvalue weighted by Gasteiger charge is 2.34. The fraction of sp³-hybridized carbons (Fsp3) is 0.494. The highest BCUT2D eigenvalue weighted by Crippen LogP contribution is 2.35. The van der Waals surface area contributed by atoms with Gasteiger partial charge in [-0.15, -0.1) is 41.2 Å². The normalized spacial score (nSPS) is 13.5. The van der Waals surface area contributed by atoms with Gasteiger partial charge in [-0.1, -0.05) is 198 Å². The van der Waals surface area contributed by atoms with Crippen LogP contribution in [0.3, 0.4) is 0 Å². The van der Waals surface area contributed by atoms with E-state index in [2.05, 4.69) is 118 Å². The van der Waals surface area contributed by atoms with Crippen molar-refractivity contribution in [1.29, 1.82) is 0 Å². The summed E-state index contributed by atoms with van der Waals surface area (Å²) in [5, 5.41) is 60.3. The second-order valence-corrected chi connectivity index (χ2v) is 36.3. The summed E-state index contributed by atoms with van der Waals surface area (Å²) in [5.41, 5.74) is 11.6. The van der Waals surface area contributed by atoms with Crippen LogP contribution in [0.25, 0.3) is 0 Å². The zero-order valence-corrected chi connectivity index (χ0v) is 72.6. The molecule has 0 N–H and O–H groups in total. The fourth-order valence-electron chi connectivity index (χ4n) is 12.2. The van der Waals surface area contributed by atoms with Gasteiger partial charge in [0.15, 0.2) is 0 Å². The van der Waals surface area contributed by atoms with Gasteiger partial charge in [0, 0.05) is 27.0 Å². The Hall–Kier alpha value is -11.4. The molecule has 0 fully saturated rings. The number of esters is 3. The van der Waals surface area contributed by atoms with E-state index in [1.807, 2.05) is 134 Å². The van der Waals surface area contributed by atoms with E-state index >= 15 is 0 Å². The molecule has 0 spiro atoms. The number of rotatable bonds is 56. The maximum atomic E-state index is 12.4. The predicted molar refractivity (Wildman–Crippen MR) is 445 cm³/mol. The SMILES string of the molecule is CC(=O)O[C@@H](COCc1cn(C[C@H](COCc2cn(C[C@H](COCc3cn(C[C@H](COCc4cn(C[C@H](COCc5cn(C[C@H](COCC#C[Si](C)(C)C(C)(C)C)OCc6ccccc6)nn5)OC(C)=O)nn4)OCc4ccccc4)nn3)OC(C)=O)nn2)OCc2ccccc2)nn1)Cn1cc(COC[C@@H](Cn2cc(C)nn2)OCc2ccccc2)nn1. The van der Waals surface area contributed by atoms with Crippen LogP contribution in [-0.2, 0) is 193 Å². The van der Waals surface area contributed by atoms with Crippen LogP contribution in [0, 0.1) is 18.4 Å². The second kappa shape index (κ2) is 49.2. The lowest BCUT2D eigenvalue weighted by molar-refractivity contribution is -0.151. The smallest absolute Gasteiger partial charge is 0.303 e. The van der Waals surface area contributed by atoms with E-state index < -0.39 is 56.5 Å². The van der Waals surface area contributed by atoms with Crippen LogP contribution in [0.5, 0.6) is 0 Å². The molecule has 0 aliphatic heterocycles. The summed E-state index contributed by atoms with van der Waals surface area (Å²) in [6.07, 6.45) is 8.50. The zero-order valence-electron chi connectivity index (χ0n) is 71.6. The Balaban J connectivity index is 0.603. The highest BCUT2D eigenvalue weighted by molar-refractivity contribution is 6.87. The Labute approximate surface area is 720 Å². The largest absolute Gasteiger partial charge is 0.458 e. The molecule has 7 heterocycles. The monoisotopic (exact) mass is 1730 g/mol. The topological polar surface area (TPSA) is 395 Å². The standard InChI is InChI=1S/C85H111N21O17Si/c1-64-33-100(93-86-64)40-79(118-48-69-25-16-11-17-26-69)58-111-51-75-37-104(97-90-75)44-83(122-66(3)108)62-115-55-73-35-102(95-88-73)42-81(120-50-71-29-20-13-21-30-71)60-113-53-77-39-106(99-92-77)46-84(123-67(4)109)63-116-56-74-36-103(96-89-74)43-80(119-49-70-27-18-12-19-28-70)59-112-52-76-38-105(98-91-76)45-82(121-65(2)107)61-114-54-72-34-101(94-87-72)41-78(117-47-68-23-14-10-15-24-68)57-110-31-22-32-124(8,9)85(5,6)7/h10-21,23-30,33-39,78-84H,31,40-63H2,1-9H3/t78-,79-,80-,81-,82-,83-,84-/m1/s1. The van der Waals surface area contributed by atoms with E-state index in [4.69, 9.17) is 66.3 Å². The van der Waals surface area contributed by atoms with E-state index in [1.165, 1.54) is 20.8 Å². The average Bonchev–Trinajstić information content (AvgIpc) is 1.43. The van der Waals surface area contributed by atoms with Crippen LogP contribution in [0.15, 0.2) is 165 Å². The Morgan fingerprint density at radius 2 is 0.548 bits per heavy atom. The van der Waals surface area contributed by atoms with Crippen LogP contribution >= 0.6 is 0 Å². The minimum atomic E-state index is -1.78. The molecule has 0 aliphatic carbocycles. The van der Waals surface area contributed by atoms with E-state index in [9.17, 15) is 14.4 Å². The van der Waals surface area contributed by atoms with Crippen molar-refractivity contribution in [3.05, 3.63) is 227 Å². The number of hydrogen-bond donors (Lipinski definition) is 0. The third kappa shape index (κ3) is 34.0. The van der Waals surface area contributed by atoms with E-state index in [1.54, 1.807) is 70.0 Å². The number of carbonyl (C=O) groups excluding carboxylic acids is 3. The van der Waals surface area contributed by atoms with Crippen LogP contribution in [0.4, 0.5) is 0 Å². The summed E-state index contributed by atoms with van der Waals surface area (Å²) < 4.78 is 96.3. The van der Waals surface area contributed by atoms with Gasteiger partial charge in [0.1, 0.15) is 91.6 Å². The number of carbonyl (C=O) groups is 3. The molecule has 7 atom stereocenters. The first-order valence-electron chi connectivity index (χ1n) is 41.0. The number of aromatic nitrogens is 21. The van der Waals surface area contributed by atoms with Gasteiger partial charge in [-0.2, -0.15) is 0 Å². The molecule has 0 bridgehead atoms. The number of aryl methyl sites for hydroxylation is 1. The van der Waals surface area contributed by atoms with Crippen LogP contribution in [0.1, 0.15) is 104 Å². The first-order chi connectivity index (χ1) is 60.1. The fourth-order valence-corrected chi connectivity index (χ4v) is 13.1. The maximum absolute atomic E-state index is 12.4. The van der Waals surface area contributed by atoms with Crippen molar-refractivity contribution in [2.24, 2.45) is 0 Å². The average molecular weight is 1730 g/mol. The van der Waals surface area contributed by atoms with Gasteiger partial charge in [0.05, 0.1) is 201 Å². The Morgan fingerprint density at radius 3 is 0.782 bits per heavy atom. The van der Waals surface area contributed by atoms with Gasteiger partial charge in [-0.05, 0) is 34.2 Å². The Kier molecular flexibility index (Phi) is 37.0. The molecule has 124 heavy (non-hydrogen) atoms. The van der Waals surface area contributed by atoms with Gasteiger partial charge in [-0.3, -0.25) is 14.4 Å². The van der Waals surface area contributed by atoms with E-state index in [0.29, 0.717) is 86.9 Å². The van der Waals surface area contributed by atoms with Gasteiger partial charge < -0.3 is 66.3 Å². The Bertz CT molecular complexity index is 4990. The van der Waals surface area contributed by atoms with Crippen molar-refractivity contribution in [2.45, 2.75) is 221 Å². The minimum Gasteiger partial charge on any atom is -0.458 e. The lowest BCUT2D eigenvalue weighted by Gasteiger charge is -2.31. The molecule has 0 saturated heterocycles. The van der Waals surface area contributed by atoms with Crippen molar-refractivity contribution >= 4 is 26.0 Å². The van der Waals surface area contributed by atoms with Crippen molar-refractivity contribution in [1.82, 2.24) is 105 Å². The number of benzene rings is 4. The van der Waals surface area contributed by atoms with Gasteiger partial charge in [0.25, 0.3) is 0 Å². The maximum Gasteiger partial charge on any atom is 0.303 e. The lowest BCUT2D eigenvalue weighted by atomic mass is 10.2. The number of nitrogens with zero attached hydrogens (tertiary/aromatic N) is 21. The third-order valence-electron chi connectivity index (χ3n) is 19.3. The molecule has 7 aromatic heterocycles. The molecule has 39 heteroatoms. The lowest BCUT2D eigenvalue weighted by Crippen LogP contribution is -2.35. The molecule has 11 aromatic rings. The predicted octanol–water partition coefficient (Wildman–Crippen LogP) is 7.64. The first-order valence-corrected chi connectivity index (χ1v) is 44.0. The molecule has 662 valence electrons. The quantitative estimate of drug-likeness (QED) is 0.0116. The second-order valence-electron chi connectivity index (χ2n) is 31.3. The molecular weight excluding hydrogens is 1620 g/mol. The summed E-state index contributed by atoms with van der Waals surface area (Å²) in [6.45, 7) is 22.1. The molecule has 0 amide bonds. The van der Waals surface area contributed by atoms with Crippen LogP contribution in [0.2, 0.25) is 18.1 Å². The molecule has 0 saturated carbocycles. The first kappa shape index (κ1) is 93.3. The van der Waals surface area contributed by atoms with Gasteiger partial charge in [-0.25, -0.2) is 32.8 Å². The van der Waals surface area contributed by atoms with Gasteiger partial charge in [0.2, 0.25) is 0 Å². The molecule has 0 radical (unpaired) electrons. The minimum absolute atomic E-state index is 0.000850. The van der Waals surface area contributed by atoms with Gasteiger partial charge >= 0.3 is 17.9 Å². The number of ether oxygens (including phenoxy) is 14. The van der Waals surface area contributed by atoms with Crippen LogP contribution < -0.4 is 0 Å². The molecule has 4 aromatic carbocycles. The Morgan fingerprint density at radius 1 is 0.323 bits per heavy atom. The van der Waals surface area contributed by atoms with Crippen LogP contribution in [-0.4, -0.2) is 227 Å². The van der Waals surface area contributed by atoms with Crippen molar-refractivity contribution < 1.29 is 80.7 Å². The summed E-state index contributed by atoms with van der Waals surface area (Å²) in [5.74, 6) is 1.79. The highest BCUT2D eigenvalue weighted by atomic mass is 28.3. The number of hydrogen-bond acceptors (Lipinski definition) is 31. The van der Waals surface area contributed by atoms with E-state index in [0.717, 1.165) is 27.9 Å². The molecule has 38 nitrogen and oxygen atoms in total. The molecule has 0 aliphatic rings. The zero-order chi connectivity index (χ0) is 87.1. The van der Waals surface area contributed by atoms with E-state index in [-0.39, 0.29) is 129 Å². The third-order valence-corrected chi connectivity index (χ3v) is 23.8. The molecule has 11 rings (SSSR count). The summed E-state index contributed by atoms with van der Waals surface area (Å²) in [6, 6.07) is 39.4. The molecular formula is C85H111N21O17Si. The summed E-state index contributed by atoms with van der Waals surface area (Å²) >= 11 is 0. The van der Waals surface area contributed by atoms with Crippen molar-refractivity contribution in [3.8, 4) is 11.5 Å². The van der Waals surface area contributed by atoms with Crippen molar-refractivity contribution in [3.63, 3.8) is 0 Å². The van der Waals surface area contributed by atoms with Crippen molar-refractivity contribution in [2.75, 3.05) is 52.9 Å². The summed E-state index contributed by atoms with van der Waals surface area (Å²) in [4.78, 5) is 36.9. The summed E-state index contributed by atoms with van der Waals surface area (Å²) in [7, 11) is -1.78. The molecule has 0 unspecified atom stereocenters.